The number of rotatable bonds is 5. The van der Waals surface area contributed by atoms with Gasteiger partial charge in [-0.2, -0.15) is 5.10 Å². The number of carbonyl (C=O) groups is 2. The van der Waals surface area contributed by atoms with Gasteiger partial charge in [0.15, 0.2) is 5.13 Å². The number of nitrogens with zero attached hydrogens (tertiary/aromatic N) is 3. The van der Waals surface area contributed by atoms with Gasteiger partial charge in [-0.25, -0.2) is 4.98 Å². The van der Waals surface area contributed by atoms with Crippen LogP contribution in [0.4, 0.5) is 10.8 Å². The lowest BCUT2D eigenvalue weighted by Gasteiger charge is -1.99. The van der Waals surface area contributed by atoms with Gasteiger partial charge in [-0.1, -0.05) is 0 Å². The molecule has 100 valence electrons. The number of nitrogens with two attached hydrogens (primary N) is 2. The molecule has 9 heteroatoms. The van der Waals surface area contributed by atoms with Crippen LogP contribution in [0.3, 0.4) is 0 Å². The Balaban J connectivity index is 1.91. The number of primary amides is 1. The molecular formula is C10H12N6O2S. The van der Waals surface area contributed by atoms with Gasteiger partial charge in [0.2, 0.25) is 11.8 Å². The minimum atomic E-state index is -0.501. The highest BCUT2D eigenvalue weighted by atomic mass is 32.1. The van der Waals surface area contributed by atoms with Crippen molar-refractivity contribution >= 4 is 34.0 Å². The molecule has 0 aliphatic rings. The average molecular weight is 280 g/mol. The van der Waals surface area contributed by atoms with E-state index in [0.29, 0.717) is 16.5 Å². The molecule has 2 aromatic rings. The minimum Gasteiger partial charge on any atom is -0.375 e. The van der Waals surface area contributed by atoms with Crippen molar-refractivity contribution < 1.29 is 9.59 Å². The summed E-state index contributed by atoms with van der Waals surface area (Å²) < 4.78 is 1.35. The van der Waals surface area contributed by atoms with Gasteiger partial charge in [-0.15, -0.1) is 11.3 Å². The first-order chi connectivity index (χ1) is 9.02. The number of hydrogen-bond donors (Lipinski definition) is 3. The Labute approximate surface area is 112 Å². The molecule has 2 aromatic heterocycles. The summed E-state index contributed by atoms with van der Waals surface area (Å²) in [6.45, 7) is -0.0293. The summed E-state index contributed by atoms with van der Waals surface area (Å²) in [4.78, 5) is 26.4. The summed E-state index contributed by atoms with van der Waals surface area (Å²) >= 11 is 1.28. The molecular weight excluding hydrogens is 268 g/mol. The van der Waals surface area contributed by atoms with E-state index in [9.17, 15) is 9.59 Å². The predicted molar refractivity (Wildman–Crippen MR) is 70.3 cm³/mol. The fourth-order valence-electron chi connectivity index (χ4n) is 1.45. The highest BCUT2D eigenvalue weighted by Gasteiger charge is 2.08. The summed E-state index contributed by atoms with van der Waals surface area (Å²) in [5.74, 6) is -0.733. The Morgan fingerprint density at radius 3 is 2.89 bits per heavy atom. The monoisotopic (exact) mass is 280 g/mol. The number of nitrogen functional groups attached to an aromatic ring is 1. The molecule has 0 fully saturated rings. The Hall–Kier alpha value is -2.42. The third-order valence-corrected chi connectivity index (χ3v) is 2.87. The van der Waals surface area contributed by atoms with Gasteiger partial charge in [0.05, 0.1) is 24.0 Å². The zero-order chi connectivity index (χ0) is 13.8. The van der Waals surface area contributed by atoms with Gasteiger partial charge in [-0.3, -0.25) is 14.3 Å². The van der Waals surface area contributed by atoms with Crippen molar-refractivity contribution in [2.75, 3.05) is 11.1 Å². The fraction of sp³-hybridized carbons (Fsp3) is 0.200. The standard InChI is InChI=1S/C10H12N6O2S/c11-8(17)4-16-3-7(2-13-16)14-9(18)1-6-5-19-10(12)15-6/h2-3,5H,1,4H2,(H2,11,17)(H2,12,15)(H,14,18). The Kier molecular flexibility index (Phi) is 3.76. The Bertz CT molecular complexity index is 605. The Morgan fingerprint density at radius 1 is 1.47 bits per heavy atom. The second-order valence-corrected chi connectivity index (χ2v) is 4.68. The predicted octanol–water partition coefficient (Wildman–Crippen LogP) is -0.412. The maximum atomic E-state index is 11.7. The normalized spacial score (nSPS) is 10.3. The van der Waals surface area contributed by atoms with Crippen molar-refractivity contribution in [3.63, 3.8) is 0 Å². The van der Waals surface area contributed by atoms with E-state index in [2.05, 4.69) is 15.4 Å². The number of anilines is 2. The largest absolute Gasteiger partial charge is 0.375 e. The summed E-state index contributed by atoms with van der Waals surface area (Å²) in [6.07, 6.45) is 3.10. The minimum absolute atomic E-state index is 0.0293. The lowest BCUT2D eigenvalue weighted by molar-refractivity contribution is -0.118. The lowest BCUT2D eigenvalue weighted by Crippen LogP contribution is -2.19. The fourth-order valence-corrected chi connectivity index (χ4v) is 2.01. The van der Waals surface area contributed by atoms with Crippen molar-refractivity contribution in [3.05, 3.63) is 23.5 Å². The highest BCUT2D eigenvalue weighted by molar-refractivity contribution is 7.13. The molecule has 2 rings (SSSR count). The van der Waals surface area contributed by atoms with E-state index < -0.39 is 5.91 Å². The van der Waals surface area contributed by atoms with Crippen LogP contribution in [0.1, 0.15) is 5.69 Å². The smallest absolute Gasteiger partial charge is 0.239 e. The van der Waals surface area contributed by atoms with Crippen LogP contribution in [0.15, 0.2) is 17.8 Å². The van der Waals surface area contributed by atoms with Crippen molar-refractivity contribution in [1.82, 2.24) is 14.8 Å². The number of nitrogens with one attached hydrogen (secondary N) is 1. The highest BCUT2D eigenvalue weighted by Crippen LogP contribution is 2.12. The molecule has 0 aromatic carbocycles. The second-order valence-electron chi connectivity index (χ2n) is 3.79. The second kappa shape index (κ2) is 5.48. The van der Waals surface area contributed by atoms with Crippen LogP contribution < -0.4 is 16.8 Å². The molecule has 0 saturated carbocycles. The van der Waals surface area contributed by atoms with Crippen molar-refractivity contribution in [2.45, 2.75) is 13.0 Å². The van der Waals surface area contributed by atoms with Crippen LogP contribution in [0, 0.1) is 0 Å². The third kappa shape index (κ3) is 3.78. The maximum Gasteiger partial charge on any atom is 0.239 e. The molecule has 5 N–H and O–H groups in total. The first-order valence-corrected chi connectivity index (χ1v) is 6.21. The lowest BCUT2D eigenvalue weighted by atomic mass is 10.3. The summed E-state index contributed by atoms with van der Waals surface area (Å²) in [5, 5.41) is 8.69. The van der Waals surface area contributed by atoms with E-state index >= 15 is 0 Å². The maximum absolute atomic E-state index is 11.7. The van der Waals surface area contributed by atoms with Crippen LogP contribution in [0.5, 0.6) is 0 Å². The van der Waals surface area contributed by atoms with Crippen LogP contribution in [-0.4, -0.2) is 26.6 Å². The molecule has 2 heterocycles. The van der Waals surface area contributed by atoms with Gasteiger partial charge in [0.1, 0.15) is 6.54 Å². The average Bonchev–Trinajstić information content (AvgIpc) is 2.88. The van der Waals surface area contributed by atoms with E-state index in [4.69, 9.17) is 11.5 Å². The number of amides is 2. The first kappa shape index (κ1) is 13.0. The zero-order valence-corrected chi connectivity index (χ0v) is 10.7. The summed E-state index contributed by atoms with van der Waals surface area (Å²) in [7, 11) is 0. The van der Waals surface area contributed by atoms with Crippen LogP contribution in [0.25, 0.3) is 0 Å². The molecule has 19 heavy (non-hydrogen) atoms. The van der Waals surface area contributed by atoms with Gasteiger partial charge in [0, 0.05) is 11.6 Å². The van der Waals surface area contributed by atoms with Gasteiger partial charge >= 0.3 is 0 Å². The molecule has 0 aliphatic heterocycles. The van der Waals surface area contributed by atoms with Gasteiger partial charge in [-0.05, 0) is 0 Å². The zero-order valence-electron chi connectivity index (χ0n) is 9.87. The van der Waals surface area contributed by atoms with Gasteiger partial charge in [0.25, 0.3) is 0 Å². The van der Waals surface area contributed by atoms with Crippen molar-refractivity contribution in [1.29, 1.82) is 0 Å². The van der Waals surface area contributed by atoms with Crippen molar-refractivity contribution in [2.24, 2.45) is 5.73 Å². The van der Waals surface area contributed by atoms with Gasteiger partial charge < -0.3 is 16.8 Å². The molecule has 0 radical (unpaired) electrons. The van der Waals surface area contributed by atoms with Crippen molar-refractivity contribution in [3.8, 4) is 0 Å². The quantitative estimate of drug-likeness (QED) is 0.685. The van der Waals surface area contributed by atoms with E-state index in [0.717, 1.165) is 0 Å². The number of aromatic nitrogens is 3. The molecule has 0 atom stereocenters. The molecule has 0 aliphatic carbocycles. The van der Waals surface area contributed by atoms with E-state index in [-0.39, 0.29) is 18.9 Å². The third-order valence-electron chi connectivity index (χ3n) is 2.15. The molecule has 8 nitrogen and oxygen atoms in total. The molecule has 0 spiro atoms. The summed E-state index contributed by atoms with van der Waals surface area (Å²) in [6, 6.07) is 0. The molecule has 0 saturated heterocycles. The SMILES string of the molecule is NC(=O)Cn1cc(NC(=O)Cc2csc(N)n2)cn1. The van der Waals surface area contributed by atoms with E-state index in [1.807, 2.05) is 0 Å². The van der Waals surface area contributed by atoms with Crippen LogP contribution >= 0.6 is 11.3 Å². The first-order valence-electron chi connectivity index (χ1n) is 5.33. The van der Waals surface area contributed by atoms with Crippen LogP contribution in [0.2, 0.25) is 0 Å². The number of hydrogen-bond acceptors (Lipinski definition) is 6. The van der Waals surface area contributed by atoms with E-state index in [1.165, 1.54) is 28.4 Å². The molecule has 2 amide bonds. The van der Waals surface area contributed by atoms with Crippen LogP contribution in [-0.2, 0) is 22.6 Å². The summed E-state index contributed by atoms with van der Waals surface area (Å²) in [5.41, 5.74) is 11.6. The topological polar surface area (TPSA) is 129 Å². The number of thiazole rings is 1. The number of carbonyl (C=O) groups excluding carboxylic acids is 2. The Morgan fingerprint density at radius 2 is 2.26 bits per heavy atom. The molecule has 0 bridgehead atoms. The molecule has 0 unspecified atom stereocenters. The van der Waals surface area contributed by atoms with E-state index in [1.54, 1.807) is 5.38 Å².